The van der Waals surface area contributed by atoms with Gasteiger partial charge < -0.3 is 9.47 Å². The Morgan fingerprint density at radius 1 is 1.41 bits per heavy atom. The van der Waals surface area contributed by atoms with E-state index < -0.39 is 0 Å². The van der Waals surface area contributed by atoms with Crippen LogP contribution < -0.4 is 0 Å². The first-order chi connectivity index (χ1) is 8.23. The van der Waals surface area contributed by atoms with Crippen LogP contribution in [0.3, 0.4) is 0 Å². The van der Waals surface area contributed by atoms with Gasteiger partial charge in [0.2, 0.25) is 0 Å². The van der Waals surface area contributed by atoms with Crippen LogP contribution in [0.25, 0.3) is 0 Å². The van der Waals surface area contributed by atoms with Crippen molar-refractivity contribution in [1.29, 1.82) is 0 Å². The van der Waals surface area contributed by atoms with Crippen LogP contribution in [-0.4, -0.2) is 24.9 Å². The van der Waals surface area contributed by atoms with Gasteiger partial charge in [-0.2, -0.15) is 0 Å². The standard InChI is InChI=1S/C15H24O2/c1-4-6-7-8-9-10-11-15(3)14(17-15)13-16-12-5-2/h5,14H,2,4,6-9,12-13H2,1,3H3/t14-,15+/m1/s1. The highest BCUT2D eigenvalue weighted by Crippen LogP contribution is 2.35. The molecule has 2 heteroatoms. The Hall–Kier alpha value is -0.780. The Morgan fingerprint density at radius 2 is 2.24 bits per heavy atom. The van der Waals surface area contributed by atoms with E-state index in [1.807, 2.05) is 6.92 Å². The molecule has 0 amide bonds. The quantitative estimate of drug-likeness (QED) is 0.279. The number of epoxide rings is 1. The highest BCUT2D eigenvalue weighted by molar-refractivity contribution is 5.23. The minimum absolute atomic E-state index is 0.144. The lowest BCUT2D eigenvalue weighted by atomic mass is 10.1. The van der Waals surface area contributed by atoms with Crippen LogP contribution in [0.1, 0.15) is 46.0 Å². The van der Waals surface area contributed by atoms with Crippen LogP contribution in [0.4, 0.5) is 0 Å². The molecule has 1 heterocycles. The van der Waals surface area contributed by atoms with Gasteiger partial charge in [0, 0.05) is 6.42 Å². The van der Waals surface area contributed by atoms with E-state index in [4.69, 9.17) is 9.47 Å². The van der Waals surface area contributed by atoms with E-state index in [0.717, 1.165) is 6.42 Å². The van der Waals surface area contributed by atoms with E-state index in [1.165, 1.54) is 25.7 Å². The van der Waals surface area contributed by atoms with E-state index in [0.29, 0.717) is 13.2 Å². The normalized spacial score (nSPS) is 26.1. The number of hydrogen-bond donors (Lipinski definition) is 0. The van der Waals surface area contributed by atoms with Crippen LogP contribution in [-0.2, 0) is 9.47 Å². The van der Waals surface area contributed by atoms with Gasteiger partial charge in [-0.05, 0) is 13.3 Å². The van der Waals surface area contributed by atoms with E-state index in [-0.39, 0.29) is 11.7 Å². The molecular weight excluding hydrogens is 212 g/mol. The summed E-state index contributed by atoms with van der Waals surface area (Å²) in [5, 5.41) is 0. The molecule has 0 bridgehead atoms. The molecule has 0 radical (unpaired) electrons. The van der Waals surface area contributed by atoms with E-state index in [1.54, 1.807) is 6.08 Å². The van der Waals surface area contributed by atoms with Gasteiger partial charge in [-0.25, -0.2) is 0 Å². The number of unbranched alkanes of at least 4 members (excludes halogenated alkanes) is 4. The molecule has 0 aliphatic carbocycles. The third-order valence-electron chi connectivity index (χ3n) is 2.94. The van der Waals surface area contributed by atoms with E-state index in [9.17, 15) is 0 Å². The summed E-state index contributed by atoms with van der Waals surface area (Å²) in [6.07, 6.45) is 7.96. The summed E-state index contributed by atoms with van der Waals surface area (Å²) in [4.78, 5) is 0. The Kier molecular flexibility index (Phi) is 6.32. The van der Waals surface area contributed by atoms with Gasteiger partial charge in [0.25, 0.3) is 0 Å². The summed E-state index contributed by atoms with van der Waals surface area (Å²) >= 11 is 0. The molecule has 0 saturated carbocycles. The summed E-state index contributed by atoms with van der Waals surface area (Å²) in [6.45, 7) is 9.06. The van der Waals surface area contributed by atoms with Crippen molar-refractivity contribution >= 4 is 0 Å². The smallest absolute Gasteiger partial charge is 0.154 e. The Balaban J connectivity index is 2.10. The second-order valence-corrected chi connectivity index (χ2v) is 4.65. The molecule has 1 fully saturated rings. The van der Waals surface area contributed by atoms with Gasteiger partial charge in [-0.3, -0.25) is 0 Å². The van der Waals surface area contributed by atoms with Crippen molar-refractivity contribution in [3.8, 4) is 11.8 Å². The van der Waals surface area contributed by atoms with Crippen molar-refractivity contribution in [2.24, 2.45) is 0 Å². The summed E-state index contributed by atoms with van der Waals surface area (Å²) < 4.78 is 10.9. The van der Waals surface area contributed by atoms with Gasteiger partial charge in [0.1, 0.15) is 6.10 Å². The van der Waals surface area contributed by atoms with Crippen LogP contribution in [0.2, 0.25) is 0 Å². The molecular formula is C15H24O2. The average molecular weight is 236 g/mol. The predicted octanol–water partition coefficient (Wildman–Crippen LogP) is 3.32. The highest BCUT2D eigenvalue weighted by atomic mass is 16.6. The molecule has 0 spiro atoms. The Labute approximate surface area is 105 Å². The second-order valence-electron chi connectivity index (χ2n) is 4.65. The van der Waals surface area contributed by atoms with Crippen molar-refractivity contribution in [2.75, 3.05) is 13.2 Å². The SMILES string of the molecule is C=CCOC[C@H]1O[C@@]1(C)C#CCCCCCC. The molecule has 1 aliphatic rings. The van der Waals surface area contributed by atoms with E-state index >= 15 is 0 Å². The zero-order chi connectivity index (χ0) is 12.6. The molecule has 0 aromatic heterocycles. The predicted molar refractivity (Wildman–Crippen MR) is 70.8 cm³/mol. The lowest BCUT2D eigenvalue weighted by Crippen LogP contribution is -2.12. The topological polar surface area (TPSA) is 21.8 Å². The van der Waals surface area contributed by atoms with Gasteiger partial charge in [0.15, 0.2) is 5.60 Å². The van der Waals surface area contributed by atoms with Crippen LogP contribution in [0.15, 0.2) is 12.7 Å². The minimum Gasteiger partial charge on any atom is -0.375 e. The molecule has 1 aliphatic heterocycles. The molecule has 17 heavy (non-hydrogen) atoms. The second kappa shape index (κ2) is 7.53. The first-order valence-electron chi connectivity index (χ1n) is 6.59. The monoisotopic (exact) mass is 236 g/mol. The lowest BCUT2D eigenvalue weighted by Gasteiger charge is -1.97. The van der Waals surface area contributed by atoms with Crippen LogP contribution >= 0.6 is 0 Å². The highest BCUT2D eigenvalue weighted by Gasteiger charge is 2.51. The van der Waals surface area contributed by atoms with Gasteiger partial charge in [-0.15, -0.1) is 12.5 Å². The zero-order valence-corrected chi connectivity index (χ0v) is 11.1. The van der Waals surface area contributed by atoms with Crippen molar-refractivity contribution in [1.82, 2.24) is 0 Å². The number of ether oxygens (including phenoxy) is 2. The largest absolute Gasteiger partial charge is 0.375 e. The van der Waals surface area contributed by atoms with Crippen molar-refractivity contribution in [3.05, 3.63) is 12.7 Å². The van der Waals surface area contributed by atoms with E-state index in [2.05, 4.69) is 25.3 Å². The van der Waals surface area contributed by atoms with Crippen molar-refractivity contribution in [2.45, 2.75) is 57.7 Å². The van der Waals surface area contributed by atoms with Crippen molar-refractivity contribution in [3.63, 3.8) is 0 Å². The first-order valence-corrected chi connectivity index (χ1v) is 6.59. The summed E-state index contributed by atoms with van der Waals surface area (Å²) in [6, 6.07) is 0. The fraction of sp³-hybridized carbons (Fsp3) is 0.733. The summed E-state index contributed by atoms with van der Waals surface area (Å²) in [5.41, 5.74) is -0.258. The van der Waals surface area contributed by atoms with Crippen LogP contribution in [0, 0.1) is 11.8 Å². The molecule has 2 nitrogen and oxygen atoms in total. The van der Waals surface area contributed by atoms with Gasteiger partial charge in [-0.1, -0.05) is 38.2 Å². The molecule has 0 unspecified atom stereocenters. The minimum atomic E-state index is -0.258. The Bertz CT molecular complexity index is 287. The summed E-state index contributed by atoms with van der Waals surface area (Å²) in [7, 11) is 0. The number of rotatable bonds is 8. The molecule has 0 aromatic rings. The van der Waals surface area contributed by atoms with Crippen molar-refractivity contribution < 1.29 is 9.47 Å². The summed E-state index contributed by atoms with van der Waals surface area (Å²) in [5.74, 6) is 6.43. The molecule has 0 N–H and O–H groups in total. The van der Waals surface area contributed by atoms with Gasteiger partial charge in [0.05, 0.1) is 13.2 Å². The Morgan fingerprint density at radius 3 is 2.94 bits per heavy atom. The third kappa shape index (κ3) is 5.39. The maximum Gasteiger partial charge on any atom is 0.154 e. The lowest BCUT2D eigenvalue weighted by molar-refractivity contribution is 0.141. The van der Waals surface area contributed by atoms with Crippen LogP contribution in [0.5, 0.6) is 0 Å². The third-order valence-corrected chi connectivity index (χ3v) is 2.94. The maximum absolute atomic E-state index is 5.55. The maximum atomic E-state index is 5.55. The number of hydrogen-bond acceptors (Lipinski definition) is 2. The average Bonchev–Trinajstić information content (AvgIpc) is 2.95. The molecule has 0 aromatic carbocycles. The fourth-order valence-electron chi connectivity index (χ4n) is 1.70. The molecule has 1 rings (SSSR count). The van der Waals surface area contributed by atoms with Gasteiger partial charge >= 0.3 is 0 Å². The molecule has 1 saturated heterocycles. The first kappa shape index (κ1) is 14.3. The zero-order valence-electron chi connectivity index (χ0n) is 11.1. The molecule has 2 atom stereocenters. The molecule has 96 valence electrons. The fourth-order valence-corrected chi connectivity index (χ4v) is 1.70.